The number of ether oxygens (including phenoxy) is 1. The summed E-state index contributed by atoms with van der Waals surface area (Å²) in [7, 11) is 0. The lowest BCUT2D eigenvalue weighted by Crippen LogP contribution is -2.45. The van der Waals surface area contributed by atoms with Gasteiger partial charge in [-0.2, -0.15) is 0 Å². The average molecular weight is 315 g/mol. The van der Waals surface area contributed by atoms with Crippen LogP contribution >= 0.6 is 0 Å². The van der Waals surface area contributed by atoms with E-state index < -0.39 is 0 Å². The molecule has 124 valence electrons. The van der Waals surface area contributed by atoms with E-state index in [9.17, 15) is 9.59 Å². The maximum atomic E-state index is 12.4. The van der Waals surface area contributed by atoms with E-state index in [4.69, 9.17) is 4.74 Å². The first kappa shape index (κ1) is 16.0. The van der Waals surface area contributed by atoms with Gasteiger partial charge in [0.25, 0.3) is 0 Å². The smallest absolute Gasteiger partial charge is 0.410 e. The molecule has 1 aromatic carbocycles. The largest absolute Gasteiger partial charge is 0.445 e. The maximum absolute atomic E-state index is 12.4. The lowest BCUT2D eigenvalue weighted by molar-refractivity contribution is -0.128. The van der Waals surface area contributed by atoms with Crippen LogP contribution in [-0.2, 0) is 16.1 Å². The van der Waals surface area contributed by atoms with Crippen molar-refractivity contribution in [2.24, 2.45) is 11.3 Å². The molecule has 0 unspecified atom stereocenters. The monoisotopic (exact) mass is 315 g/mol. The molecule has 1 aromatic rings. The summed E-state index contributed by atoms with van der Waals surface area (Å²) in [5.74, 6) is 0.959. The number of amides is 1. The van der Waals surface area contributed by atoms with Crippen LogP contribution in [0.15, 0.2) is 30.3 Å². The highest BCUT2D eigenvalue weighted by Crippen LogP contribution is 2.47. The Labute approximate surface area is 137 Å². The van der Waals surface area contributed by atoms with Crippen LogP contribution in [0, 0.1) is 11.3 Å². The molecule has 1 atom stereocenters. The molecule has 1 saturated heterocycles. The average Bonchev–Trinajstić information content (AvgIpc) is 2.90. The number of hydrogen-bond acceptors (Lipinski definition) is 3. The predicted molar refractivity (Wildman–Crippen MR) is 87.9 cm³/mol. The molecule has 1 saturated carbocycles. The molecule has 23 heavy (non-hydrogen) atoms. The van der Waals surface area contributed by atoms with E-state index in [2.05, 4.69) is 6.92 Å². The minimum absolute atomic E-state index is 0.156. The Kier molecular flexibility index (Phi) is 4.69. The highest BCUT2D eigenvalue weighted by molar-refractivity contribution is 5.87. The number of piperidine rings is 1. The summed E-state index contributed by atoms with van der Waals surface area (Å²) in [5, 5.41) is 0. The van der Waals surface area contributed by atoms with Gasteiger partial charge >= 0.3 is 6.09 Å². The van der Waals surface area contributed by atoms with Crippen molar-refractivity contribution < 1.29 is 14.3 Å². The number of Topliss-reactive ketones (excluding diaryl/α,β-unsaturated/α-hetero) is 1. The molecule has 3 rings (SSSR count). The van der Waals surface area contributed by atoms with Gasteiger partial charge in [-0.05, 0) is 30.7 Å². The summed E-state index contributed by atoms with van der Waals surface area (Å²) in [6.45, 7) is 3.73. The van der Waals surface area contributed by atoms with Gasteiger partial charge in [0.15, 0.2) is 0 Å². The summed E-state index contributed by atoms with van der Waals surface area (Å²) in [6.07, 6.45) is 4.15. The molecule has 4 nitrogen and oxygen atoms in total. The molecule has 0 aromatic heterocycles. The Morgan fingerprint density at radius 3 is 2.57 bits per heavy atom. The minimum atomic E-state index is -0.263. The molecular weight excluding hydrogens is 290 g/mol. The lowest BCUT2D eigenvalue weighted by atomic mass is 9.75. The predicted octanol–water partition coefficient (Wildman–Crippen LogP) is 3.79. The third-order valence-electron chi connectivity index (χ3n) is 5.51. The second-order valence-electron chi connectivity index (χ2n) is 6.91. The fourth-order valence-electron chi connectivity index (χ4n) is 3.92. The van der Waals surface area contributed by atoms with Crippen LogP contribution in [0.4, 0.5) is 4.79 Å². The number of likely N-dealkylation sites (tertiary alicyclic amines) is 1. The van der Waals surface area contributed by atoms with Crippen molar-refractivity contribution in [1.29, 1.82) is 0 Å². The molecule has 1 aliphatic heterocycles. The van der Waals surface area contributed by atoms with Gasteiger partial charge in [-0.25, -0.2) is 4.79 Å². The SMILES string of the molecule is CC[C@@H]1CC(=O)C2(CCN(C(=O)OCc3ccccc3)CC2)C1. The Morgan fingerprint density at radius 1 is 1.26 bits per heavy atom. The highest BCUT2D eigenvalue weighted by atomic mass is 16.6. The van der Waals surface area contributed by atoms with Gasteiger partial charge in [-0.1, -0.05) is 43.7 Å². The van der Waals surface area contributed by atoms with E-state index in [1.807, 2.05) is 30.3 Å². The first-order valence-corrected chi connectivity index (χ1v) is 8.62. The summed E-state index contributed by atoms with van der Waals surface area (Å²) < 4.78 is 5.39. The third-order valence-corrected chi connectivity index (χ3v) is 5.51. The number of rotatable bonds is 3. The van der Waals surface area contributed by atoms with Crippen molar-refractivity contribution in [2.75, 3.05) is 13.1 Å². The van der Waals surface area contributed by atoms with Crippen LogP contribution in [0.25, 0.3) is 0 Å². The first-order chi connectivity index (χ1) is 11.1. The normalized spacial score (nSPS) is 23.3. The highest BCUT2D eigenvalue weighted by Gasteiger charge is 2.47. The van der Waals surface area contributed by atoms with Crippen LogP contribution in [0.2, 0.25) is 0 Å². The number of carbonyl (C=O) groups is 2. The van der Waals surface area contributed by atoms with Crippen LogP contribution in [0.3, 0.4) is 0 Å². The Balaban J connectivity index is 1.51. The molecule has 1 aliphatic carbocycles. The third kappa shape index (κ3) is 3.41. The molecule has 0 bridgehead atoms. The summed E-state index contributed by atoms with van der Waals surface area (Å²) in [4.78, 5) is 26.3. The summed E-state index contributed by atoms with van der Waals surface area (Å²) >= 11 is 0. The molecular formula is C19H25NO3. The van der Waals surface area contributed by atoms with Gasteiger partial charge in [0.2, 0.25) is 0 Å². The van der Waals surface area contributed by atoms with Crippen molar-refractivity contribution in [3.63, 3.8) is 0 Å². The van der Waals surface area contributed by atoms with Gasteiger partial charge in [-0.3, -0.25) is 4.79 Å². The van der Waals surface area contributed by atoms with Crippen LogP contribution in [0.5, 0.6) is 0 Å². The van der Waals surface area contributed by atoms with E-state index in [0.29, 0.717) is 31.4 Å². The van der Waals surface area contributed by atoms with E-state index in [-0.39, 0.29) is 11.5 Å². The van der Waals surface area contributed by atoms with E-state index in [0.717, 1.165) is 37.7 Å². The minimum Gasteiger partial charge on any atom is -0.445 e. The van der Waals surface area contributed by atoms with E-state index in [1.165, 1.54) is 0 Å². The molecule has 4 heteroatoms. The maximum Gasteiger partial charge on any atom is 0.410 e. The number of carbonyl (C=O) groups excluding carboxylic acids is 2. The zero-order chi connectivity index (χ0) is 16.3. The van der Waals surface area contributed by atoms with Gasteiger partial charge in [0.05, 0.1) is 0 Å². The number of ketones is 1. The van der Waals surface area contributed by atoms with Crippen LogP contribution in [0.1, 0.15) is 44.6 Å². The Bertz CT molecular complexity index is 561. The van der Waals surface area contributed by atoms with Gasteiger partial charge in [0, 0.05) is 24.9 Å². The molecule has 1 spiro atoms. The molecule has 1 heterocycles. The molecule has 0 N–H and O–H groups in total. The van der Waals surface area contributed by atoms with Gasteiger partial charge in [-0.15, -0.1) is 0 Å². The fourth-order valence-corrected chi connectivity index (χ4v) is 3.92. The molecule has 2 fully saturated rings. The molecule has 2 aliphatic rings. The van der Waals surface area contributed by atoms with Crippen molar-refractivity contribution in [3.8, 4) is 0 Å². The van der Waals surface area contributed by atoms with Gasteiger partial charge < -0.3 is 9.64 Å². The number of hydrogen-bond donors (Lipinski definition) is 0. The Morgan fingerprint density at radius 2 is 1.96 bits per heavy atom. The van der Waals surface area contributed by atoms with E-state index in [1.54, 1.807) is 4.90 Å². The Hall–Kier alpha value is -1.84. The van der Waals surface area contributed by atoms with Crippen LogP contribution < -0.4 is 0 Å². The fraction of sp³-hybridized carbons (Fsp3) is 0.579. The van der Waals surface area contributed by atoms with Crippen molar-refractivity contribution in [2.45, 2.75) is 45.6 Å². The first-order valence-electron chi connectivity index (χ1n) is 8.62. The molecule has 0 radical (unpaired) electrons. The summed E-state index contributed by atoms with van der Waals surface area (Å²) in [6, 6.07) is 9.70. The van der Waals surface area contributed by atoms with Crippen molar-refractivity contribution in [1.82, 2.24) is 4.90 Å². The van der Waals surface area contributed by atoms with Crippen molar-refractivity contribution in [3.05, 3.63) is 35.9 Å². The number of nitrogens with zero attached hydrogens (tertiary/aromatic N) is 1. The topological polar surface area (TPSA) is 46.6 Å². The summed E-state index contributed by atoms with van der Waals surface area (Å²) in [5.41, 5.74) is 0.836. The van der Waals surface area contributed by atoms with Crippen molar-refractivity contribution >= 4 is 11.9 Å². The second-order valence-corrected chi connectivity index (χ2v) is 6.91. The lowest BCUT2D eigenvalue weighted by Gasteiger charge is -2.37. The van der Waals surface area contributed by atoms with Crippen LogP contribution in [-0.4, -0.2) is 29.9 Å². The molecule has 1 amide bonds. The standard InChI is InChI=1S/C19H25NO3/c1-2-15-12-17(21)19(13-15)8-10-20(11-9-19)18(22)23-14-16-6-4-3-5-7-16/h3-7,15H,2,8-14H2,1H3/t15-/m1/s1. The zero-order valence-electron chi connectivity index (χ0n) is 13.8. The zero-order valence-corrected chi connectivity index (χ0v) is 13.8. The van der Waals surface area contributed by atoms with E-state index >= 15 is 0 Å². The quantitative estimate of drug-likeness (QED) is 0.852. The van der Waals surface area contributed by atoms with Gasteiger partial charge in [0.1, 0.15) is 12.4 Å². The second kappa shape index (κ2) is 6.73. The number of benzene rings is 1.